The van der Waals surface area contributed by atoms with Gasteiger partial charge in [0, 0.05) is 19.2 Å². The van der Waals surface area contributed by atoms with Gasteiger partial charge in [-0.2, -0.15) is 0 Å². The second-order valence-corrected chi connectivity index (χ2v) is 7.94. The lowest BCUT2D eigenvalue weighted by molar-refractivity contribution is -0.126. The molecule has 0 saturated heterocycles. The second kappa shape index (κ2) is 7.43. The van der Waals surface area contributed by atoms with Crippen LogP contribution in [0.4, 0.5) is 0 Å². The van der Waals surface area contributed by atoms with E-state index in [9.17, 15) is 13.2 Å². The molecule has 136 valence electrons. The number of nitrogens with two attached hydrogens (primary N) is 1. The van der Waals surface area contributed by atoms with E-state index >= 15 is 0 Å². The number of fused-ring (bicyclic) bond motifs is 1. The molecule has 1 aliphatic rings. The Morgan fingerprint density at radius 1 is 1.15 bits per heavy atom. The molecular weight excluding hydrogens is 348 g/mol. The van der Waals surface area contributed by atoms with Crippen LogP contribution in [-0.4, -0.2) is 25.8 Å². The minimum Gasteiger partial charge on any atom is -0.334 e. The van der Waals surface area contributed by atoms with Crippen molar-refractivity contribution in [1.82, 2.24) is 4.90 Å². The lowest BCUT2D eigenvalue weighted by Gasteiger charge is -2.28. The zero-order valence-electron chi connectivity index (χ0n) is 14.7. The first-order valence-corrected chi connectivity index (χ1v) is 10.1. The van der Waals surface area contributed by atoms with Crippen molar-refractivity contribution in [2.75, 3.05) is 6.54 Å². The van der Waals surface area contributed by atoms with Gasteiger partial charge in [-0.05, 0) is 47.2 Å². The van der Waals surface area contributed by atoms with Gasteiger partial charge in [-0.3, -0.25) is 4.79 Å². The summed E-state index contributed by atoms with van der Waals surface area (Å²) in [6.07, 6.45) is 3.15. The Labute approximate surface area is 154 Å². The van der Waals surface area contributed by atoms with Crippen LogP contribution in [0.1, 0.15) is 30.0 Å². The molecule has 0 fully saturated rings. The average molecular weight is 370 g/mol. The number of rotatable bonds is 4. The second-order valence-electron chi connectivity index (χ2n) is 6.37. The first-order chi connectivity index (χ1) is 12.4. The number of hydrogen-bond donors (Lipinski definition) is 1. The van der Waals surface area contributed by atoms with Crippen molar-refractivity contribution in [3.63, 3.8) is 0 Å². The Balaban J connectivity index is 1.83. The van der Waals surface area contributed by atoms with Crippen LogP contribution in [-0.2, 0) is 27.8 Å². The molecule has 0 spiro atoms. The predicted molar refractivity (Wildman–Crippen MR) is 102 cm³/mol. The lowest BCUT2D eigenvalue weighted by Crippen LogP contribution is -2.35. The summed E-state index contributed by atoms with van der Waals surface area (Å²) in [5.74, 6) is -0.0580. The number of amides is 1. The summed E-state index contributed by atoms with van der Waals surface area (Å²) in [6, 6.07) is 14.7. The van der Waals surface area contributed by atoms with Gasteiger partial charge in [-0.15, -0.1) is 0 Å². The van der Waals surface area contributed by atoms with Crippen molar-refractivity contribution in [3.05, 3.63) is 71.3 Å². The molecule has 1 aliphatic heterocycles. The number of hydrogen-bond acceptors (Lipinski definition) is 3. The van der Waals surface area contributed by atoms with Crippen molar-refractivity contribution in [3.8, 4) is 0 Å². The fourth-order valence-corrected chi connectivity index (χ4v) is 3.74. The van der Waals surface area contributed by atoms with Crippen LogP contribution in [0.2, 0.25) is 0 Å². The molecule has 6 heteroatoms. The van der Waals surface area contributed by atoms with E-state index in [1.54, 1.807) is 23.1 Å². The van der Waals surface area contributed by atoms with Gasteiger partial charge in [-0.1, -0.05) is 43.3 Å². The summed E-state index contributed by atoms with van der Waals surface area (Å²) < 4.78 is 23.1. The molecule has 2 N–H and O–H groups in total. The zero-order valence-corrected chi connectivity index (χ0v) is 15.5. The van der Waals surface area contributed by atoms with Gasteiger partial charge >= 0.3 is 0 Å². The molecule has 0 radical (unpaired) electrons. The lowest BCUT2D eigenvalue weighted by atomic mass is 9.99. The minimum absolute atomic E-state index is 0.0580. The van der Waals surface area contributed by atoms with E-state index in [1.807, 2.05) is 37.3 Å². The summed E-state index contributed by atoms with van der Waals surface area (Å²) in [5.41, 5.74) is 3.92. The summed E-state index contributed by atoms with van der Waals surface area (Å²) in [5, 5.41) is 5.21. The molecule has 0 atom stereocenters. The van der Waals surface area contributed by atoms with Crippen LogP contribution in [0.25, 0.3) is 5.57 Å². The highest BCUT2D eigenvalue weighted by molar-refractivity contribution is 7.89. The maximum absolute atomic E-state index is 12.7. The molecule has 0 saturated carbocycles. The molecule has 2 aromatic rings. The van der Waals surface area contributed by atoms with Crippen LogP contribution >= 0.6 is 0 Å². The fourth-order valence-electron chi connectivity index (χ4n) is 3.18. The van der Waals surface area contributed by atoms with Gasteiger partial charge in [0.15, 0.2) is 0 Å². The topological polar surface area (TPSA) is 80.5 Å². The van der Waals surface area contributed by atoms with Gasteiger partial charge < -0.3 is 4.90 Å². The SMILES string of the molecule is CC/C(=C\C(=O)N1CCc2ccc(S(N)(=O)=O)cc2C1)c1ccccc1. The van der Waals surface area contributed by atoms with Crippen LogP contribution < -0.4 is 5.14 Å². The quantitative estimate of drug-likeness (QED) is 0.840. The smallest absolute Gasteiger partial charge is 0.247 e. The normalized spacial score (nSPS) is 14.8. The maximum Gasteiger partial charge on any atom is 0.247 e. The number of allylic oxidation sites excluding steroid dienone is 1. The van der Waals surface area contributed by atoms with Crippen LogP contribution in [0.15, 0.2) is 59.5 Å². The van der Waals surface area contributed by atoms with E-state index in [0.29, 0.717) is 19.5 Å². The Bertz CT molecular complexity index is 950. The third-order valence-corrected chi connectivity index (χ3v) is 5.56. The van der Waals surface area contributed by atoms with Gasteiger partial charge in [0.05, 0.1) is 4.90 Å². The number of primary sulfonamides is 1. The van der Waals surface area contributed by atoms with Crippen molar-refractivity contribution >= 4 is 21.5 Å². The molecule has 2 aromatic carbocycles. The van der Waals surface area contributed by atoms with Gasteiger partial charge in [-0.25, -0.2) is 13.6 Å². The Kier molecular flexibility index (Phi) is 5.25. The fraction of sp³-hybridized carbons (Fsp3) is 0.250. The molecule has 0 aromatic heterocycles. The third-order valence-electron chi connectivity index (χ3n) is 4.65. The van der Waals surface area contributed by atoms with Crippen molar-refractivity contribution in [1.29, 1.82) is 0 Å². The van der Waals surface area contributed by atoms with Crippen molar-refractivity contribution in [2.24, 2.45) is 5.14 Å². The molecule has 0 aliphatic carbocycles. The number of carbonyl (C=O) groups is 1. The highest BCUT2D eigenvalue weighted by atomic mass is 32.2. The summed E-state index contributed by atoms with van der Waals surface area (Å²) >= 11 is 0. The first-order valence-electron chi connectivity index (χ1n) is 8.58. The Morgan fingerprint density at radius 2 is 1.88 bits per heavy atom. The van der Waals surface area contributed by atoms with E-state index in [-0.39, 0.29) is 10.8 Å². The highest BCUT2D eigenvalue weighted by Crippen LogP contribution is 2.24. The average Bonchev–Trinajstić information content (AvgIpc) is 2.65. The Hall–Kier alpha value is -2.44. The van der Waals surface area contributed by atoms with E-state index in [4.69, 9.17) is 5.14 Å². The summed E-state index contributed by atoms with van der Waals surface area (Å²) in [7, 11) is -3.75. The molecule has 0 unspecified atom stereocenters. The van der Waals surface area contributed by atoms with Crippen LogP contribution in [0.5, 0.6) is 0 Å². The van der Waals surface area contributed by atoms with Crippen molar-refractivity contribution < 1.29 is 13.2 Å². The Morgan fingerprint density at radius 3 is 2.54 bits per heavy atom. The zero-order chi connectivity index (χ0) is 18.7. The molecule has 0 bridgehead atoms. The molecule has 26 heavy (non-hydrogen) atoms. The number of carbonyl (C=O) groups excluding carboxylic acids is 1. The van der Waals surface area contributed by atoms with E-state index in [1.165, 1.54) is 6.07 Å². The molecule has 1 amide bonds. The van der Waals surface area contributed by atoms with Crippen molar-refractivity contribution in [2.45, 2.75) is 31.2 Å². The van der Waals surface area contributed by atoms with E-state index in [0.717, 1.165) is 28.7 Å². The molecule has 3 rings (SSSR count). The standard InChI is InChI=1S/C20H22N2O3S/c1-2-15(16-6-4-3-5-7-16)13-20(23)22-11-10-17-8-9-19(26(21,24)25)12-18(17)14-22/h3-9,12-13H,2,10-11,14H2,1H3,(H2,21,24,25)/b15-13+. The molecule has 5 nitrogen and oxygen atoms in total. The maximum atomic E-state index is 12.7. The summed E-state index contributed by atoms with van der Waals surface area (Å²) in [6.45, 7) is 3.03. The molecular formula is C20H22N2O3S. The van der Waals surface area contributed by atoms with Crippen LogP contribution in [0, 0.1) is 0 Å². The van der Waals surface area contributed by atoms with E-state index < -0.39 is 10.0 Å². The number of sulfonamides is 1. The first kappa shape index (κ1) is 18.4. The number of nitrogens with zero attached hydrogens (tertiary/aromatic N) is 1. The van der Waals surface area contributed by atoms with Crippen LogP contribution in [0.3, 0.4) is 0 Å². The highest BCUT2D eigenvalue weighted by Gasteiger charge is 2.21. The summed E-state index contributed by atoms with van der Waals surface area (Å²) in [4.78, 5) is 14.6. The largest absolute Gasteiger partial charge is 0.334 e. The van der Waals surface area contributed by atoms with Gasteiger partial charge in [0.1, 0.15) is 0 Å². The van der Waals surface area contributed by atoms with Gasteiger partial charge in [0.25, 0.3) is 0 Å². The van der Waals surface area contributed by atoms with Gasteiger partial charge in [0.2, 0.25) is 15.9 Å². The third kappa shape index (κ3) is 4.03. The predicted octanol–water partition coefficient (Wildman–Crippen LogP) is 2.71. The number of benzene rings is 2. The minimum atomic E-state index is -3.75. The molecule has 1 heterocycles. The van der Waals surface area contributed by atoms with E-state index in [2.05, 4.69) is 0 Å². The monoisotopic (exact) mass is 370 g/mol.